The van der Waals surface area contributed by atoms with Gasteiger partial charge in [0.15, 0.2) is 0 Å². The molecule has 10 nitrogen and oxygen atoms in total. The number of rotatable bonds is 9. The Morgan fingerprint density at radius 3 is 2.44 bits per heavy atom. The van der Waals surface area contributed by atoms with E-state index in [1.807, 2.05) is 24.3 Å². The third kappa shape index (κ3) is 4.95. The molecule has 0 aliphatic heterocycles. The standard InChI is InChI=1S/C34H41N3O7S/c1-19-14-33(5)16-21(17-34(33,6)15-19)44-24(22-10-8-9-11-23(22)42-7)18-36-29-25(20(2)26(45-29)27-35-12-13-43-27)28(38)37(31(36)41)32(3,4)30(39)40/h8-13,19,21,24H,14-18H2,1-7H3,(H,39,40)/t19?,21?,24?,33-,34+. The first-order chi connectivity index (χ1) is 21.2. The molecular formula is C34H41N3O7S. The van der Waals surface area contributed by atoms with Gasteiger partial charge in [-0.1, -0.05) is 39.0 Å². The number of benzene rings is 1. The van der Waals surface area contributed by atoms with Gasteiger partial charge in [0.05, 0.1) is 36.2 Å². The maximum atomic E-state index is 14.4. The Labute approximate surface area is 265 Å². The molecule has 2 aliphatic rings. The van der Waals surface area contributed by atoms with Crippen LogP contribution in [0.1, 0.15) is 77.5 Å². The largest absolute Gasteiger partial charge is 0.496 e. The Kier molecular flexibility index (Phi) is 7.63. The van der Waals surface area contributed by atoms with E-state index in [4.69, 9.17) is 13.9 Å². The van der Waals surface area contributed by atoms with E-state index in [0.29, 0.717) is 32.8 Å². The second-order valence-corrected chi connectivity index (χ2v) is 15.0. The number of oxazole rings is 1. The van der Waals surface area contributed by atoms with Crippen LogP contribution in [-0.2, 0) is 21.6 Å². The summed E-state index contributed by atoms with van der Waals surface area (Å²) in [5, 5.41) is 10.4. The summed E-state index contributed by atoms with van der Waals surface area (Å²) in [6.45, 7) is 11.6. The number of carbonyl (C=O) groups is 1. The molecule has 2 saturated carbocycles. The third-order valence-corrected chi connectivity index (χ3v) is 11.8. The topological polar surface area (TPSA) is 126 Å². The number of hydrogen-bond donors (Lipinski definition) is 1. The van der Waals surface area contributed by atoms with Crippen LogP contribution in [0.2, 0.25) is 0 Å². The van der Waals surface area contributed by atoms with E-state index in [1.165, 1.54) is 42.2 Å². The van der Waals surface area contributed by atoms with E-state index < -0.39 is 28.9 Å². The van der Waals surface area contributed by atoms with Crippen LogP contribution in [0.25, 0.3) is 21.0 Å². The van der Waals surface area contributed by atoms with Crippen LogP contribution in [0.4, 0.5) is 0 Å². The lowest BCUT2D eigenvalue weighted by atomic mass is 9.71. The molecule has 0 spiro atoms. The molecule has 0 saturated heterocycles. The molecule has 4 aromatic rings. The number of aromatic nitrogens is 3. The zero-order chi connectivity index (χ0) is 32.5. The number of carboxylic acids is 1. The molecule has 1 aromatic carbocycles. The van der Waals surface area contributed by atoms with Crippen LogP contribution in [-0.4, -0.2) is 38.4 Å². The lowest BCUT2D eigenvalue weighted by Crippen LogP contribution is -2.52. The van der Waals surface area contributed by atoms with Gasteiger partial charge in [0.25, 0.3) is 5.56 Å². The summed E-state index contributed by atoms with van der Waals surface area (Å²) in [6, 6.07) is 7.59. The van der Waals surface area contributed by atoms with E-state index in [9.17, 15) is 19.5 Å². The summed E-state index contributed by atoms with van der Waals surface area (Å²) < 4.78 is 20.7. The van der Waals surface area contributed by atoms with Gasteiger partial charge in [-0.25, -0.2) is 19.1 Å². The molecule has 1 N–H and O–H groups in total. The molecule has 2 aliphatic carbocycles. The normalized spacial score (nSPS) is 25.5. The minimum atomic E-state index is -1.81. The fraction of sp³-hybridized carbons (Fsp3) is 0.529. The fourth-order valence-electron chi connectivity index (χ4n) is 8.12. The van der Waals surface area contributed by atoms with E-state index >= 15 is 0 Å². The van der Waals surface area contributed by atoms with Crippen molar-refractivity contribution >= 4 is 27.5 Å². The predicted octanol–water partition coefficient (Wildman–Crippen LogP) is 6.38. The molecule has 0 bridgehead atoms. The number of ether oxygens (including phenoxy) is 2. The first kappa shape index (κ1) is 31.3. The fourth-order valence-corrected chi connectivity index (χ4v) is 9.36. The van der Waals surface area contributed by atoms with Gasteiger partial charge in [-0.15, -0.1) is 11.3 Å². The second kappa shape index (κ2) is 11.0. The lowest BCUT2D eigenvalue weighted by Gasteiger charge is -2.33. The number of fused-ring (bicyclic) bond motifs is 2. The number of aliphatic carboxylic acids is 1. The molecule has 3 unspecified atom stereocenters. The molecule has 5 atom stereocenters. The Bertz CT molecular complexity index is 1870. The molecule has 0 radical (unpaired) electrons. The van der Waals surface area contributed by atoms with Crippen molar-refractivity contribution in [1.82, 2.24) is 14.1 Å². The first-order valence-electron chi connectivity index (χ1n) is 15.4. The van der Waals surface area contributed by atoms with Crippen molar-refractivity contribution in [3.05, 3.63) is 68.7 Å². The highest BCUT2D eigenvalue weighted by Gasteiger charge is 2.57. The lowest BCUT2D eigenvalue weighted by molar-refractivity contribution is -0.146. The Balaban J connectivity index is 1.53. The summed E-state index contributed by atoms with van der Waals surface area (Å²) in [5.74, 6) is 0.315. The highest BCUT2D eigenvalue weighted by molar-refractivity contribution is 7.22. The molecule has 0 amide bonds. The quantitative estimate of drug-likeness (QED) is 0.225. The maximum absolute atomic E-state index is 14.4. The van der Waals surface area contributed by atoms with Gasteiger partial charge < -0.3 is 19.0 Å². The van der Waals surface area contributed by atoms with Crippen LogP contribution < -0.4 is 16.0 Å². The van der Waals surface area contributed by atoms with Gasteiger partial charge >= 0.3 is 11.7 Å². The van der Waals surface area contributed by atoms with Crippen molar-refractivity contribution in [2.24, 2.45) is 16.7 Å². The summed E-state index contributed by atoms with van der Waals surface area (Å²) in [4.78, 5) is 46.1. The van der Waals surface area contributed by atoms with Crippen molar-refractivity contribution in [2.45, 2.75) is 91.5 Å². The van der Waals surface area contributed by atoms with Gasteiger partial charge in [0.1, 0.15) is 28.5 Å². The minimum absolute atomic E-state index is 0.0387. The molecule has 2 fully saturated rings. The zero-order valence-electron chi connectivity index (χ0n) is 26.9. The molecule has 240 valence electrons. The van der Waals surface area contributed by atoms with Crippen LogP contribution in [0, 0.1) is 23.7 Å². The number of para-hydroxylation sites is 1. The predicted molar refractivity (Wildman–Crippen MR) is 172 cm³/mol. The molecule has 3 heterocycles. The second-order valence-electron chi connectivity index (χ2n) is 14.0. The van der Waals surface area contributed by atoms with Crippen LogP contribution >= 0.6 is 11.3 Å². The first-order valence-corrected chi connectivity index (χ1v) is 16.2. The Morgan fingerprint density at radius 2 is 1.84 bits per heavy atom. The van der Waals surface area contributed by atoms with E-state index in [2.05, 4.69) is 25.8 Å². The van der Waals surface area contributed by atoms with E-state index in [0.717, 1.165) is 35.8 Å². The summed E-state index contributed by atoms with van der Waals surface area (Å²) in [6.07, 6.45) is 6.39. The SMILES string of the molecule is COc1ccccc1C(Cn1c(=O)n(C(C)(C)C(=O)O)c(=O)c2c(C)c(-c3ncco3)sc21)OC1C[C@]2(C)CC(C)C[C@]2(C)C1. The molecule has 11 heteroatoms. The number of nitrogens with zero attached hydrogens (tertiary/aromatic N) is 3. The van der Waals surface area contributed by atoms with Gasteiger partial charge in [0.2, 0.25) is 5.89 Å². The van der Waals surface area contributed by atoms with Gasteiger partial charge in [-0.2, -0.15) is 0 Å². The Morgan fingerprint density at radius 1 is 1.18 bits per heavy atom. The molecular weight excluding hydrogens is 594 g/mol. The maximum Gasteiger partial charge on any atom is 0.333 e. The van der Waals surface area contributed by atoms with Gasteiger partial charge in [-0.3, -0.25) is 9.36 Å². The number of carboxylic acid groups (broad SMARTS) is 1. The molecule has 3 aromatic heterocycles. The summed E-state index contributed by atoms with van der Waals surface area (Å²) in [7, 11) is 1.60. The van der Waals surface area contributed by atoms with Gasteiger partial charge in [0, 0.05) is 5.56 Å². The summed E-state index contributed by atoms with van der Waals surface area (Å²) in [5.41, 5.74) is -1.55. The number of methoxy groups -OCH3 is 1. The Hall–Kier alpha value is -3.70. The third-order valence-electron chi connectivity index (χ3n) is 10.5. The molecule has 6 rings (SSSR count). The average molecular weight is 636 g/mol. The smallest absolute Gasteiger partial charge is 0.333 e. The van der Waals surface area contributed by atoms with Crippen molar-refractivity contribution in [3.63, 3.8) is 0 Å². The number of hydrogen-bond acceptors (Lipinski definition) is 8. The van der Waals surface area contributed by atoms with Crippen molar-refractivity contribution in [1.29, 1.82) is 0 Å². The van der Waals surface area contributed by atoms with Crippen LogP contribution in [0.3, 0.4) is 0 Å². The van der Waals surface area contributed by atoms with Crippen LogP contribution in [0.5, 0.6) is 5.75 Å². The number of thiophene rings is 1. The average Bonchev–Trinajstić information content (AvgIpc) is 3.70. The van der Waals surface area contributed by atoms with Gasteiger partial charge in [-0.05, 0) is 74.8 Å². The minimum Gasteiger partial charge on any atom is -0.496 e. The van der Waals surface area contributed by atoms with Crippen molar-refractivity contribution < 1.29 is 23.8 Å². The van der Waals surface area contributed by atoms with Crippen LogP contribution in [0.15, 0.2) is 50.7 Å². The monoisotopic (exact) mass is 635 g/mol. The van der Waals surface area contributed by atoms with E-state index in [-0.39, 0.29) is 28.9 Å². The van der Waals surface area contributed by atoms with Crippen molar-refractivity contribution in [3.8, 4) is 16.5 Å². The highest BCUT2D eigenvalue weighted by atomic mass is 32.1. The highest BCUT2D eigenvalue weighted by Crippen LogP contribution is 2.65. The summed E-state index contributed by atoms with van der Waals surface area (Å²) >= 11 is 1.23. The van der Waals surface area contributed by atoms with Crippen molar-refractivity contribution in [2.75, 3.05) is 7.11 Å². The zero-order valence-corrected chi connectivity index (χ0v) is 27.7. The molecule has 45 heavy (non-hydrogen) atoms. The van der Waals surface area contributed by atoms with E-state index in [1.54, 1.807) is 14.0 Å². The number of aryl methyl sites for hydroxylation is 1.